The summed E-state index contributed by atoms with van der Waals surface area (Å²) >= 11 is 1.80. The van der Waals surface area contributed by atoms with E-state index in [-0.39, 0.29) is 18.1 Å². The molecule has 1 atom stereocenters. The maximum Gasteiger partial charge on any atom is 0.336 e. The van der Waals surface area contributed by atoms with Gasteiger partial charge in [-0.2, -0.15) is 0 Å². The predicted molar refractivity (Wildman–Crippen MR) is 116 cm³/mol. The largest absolute Gasteiger partial charge is 0.483 e. The van der Waals surface area contributed by atoms with E-state index in [0.29, 0.717) is 23.1 Å². The smallest absolute Gasteiger partial charge is 0.336 e. The molecule has 0 spiro atoms. The van der Waals surface area contributed by atoms with Crippen LogP contribution in [0.25, 0.3) is 11.0 Å². The molecule has 29 heavy (non-hydrogen) atoms. The lowest BCUT2D eigenvalue weighted by atomic mass is 10.1. The molecule has 1 aliphatic rings. The number of hydrogen-bond donors (Lipinski definition) is 0. The minimum absolute atomic E-state index is 0.0736. The van der Waals surface area contributed by atoms with E-state index in [1.165, 1.54) is 6.07 Å². The van der Waals surface area contributed by atoms with Crippen LogP contribution >= 0.6 is 11.8 Å². The van der Waals surface area contributed by atoms with Crippen molar-refractivity contribution in [2.45, 2.75) is 37.3 Å². The van der Waals surface area contributed by atoms with Crippen molar-refractivity contribution in [1.82, 2.24) is 0 Å². The Morgan fingerprint density at radius 1 is 1.24 bits per heavy atom. The number of benzene rings is 2. The molecule has 0 fully saturated rings. The van der Waals surface area contributed by atoms with E-state index in [0.717, 1.165) is 33.5 Å². The van der Waals surface area contributed by atoms with Gasteiger partial charge in [0, 0.05) is 33.7 Å². The van der Waals surface area contributed by atoms with Crippen LogP contribution in [0.3, 0.4) is 0 Å². The van der Waals surface area contributed by atoms with Crippen LogP contribution in [0.1, 0.15) is 24.5 Å². The van der Waals surface area contributed by atoms with Gasteiger partial charge in [-0.1, -0.05) is 19.1 Å². The number of aryl methyl sites for hydroxylation is 2. The Kier molecular flexibility index (Phi) is 5.37. The summed E-state index contributed by atoms with van der Waals surface area (Å²) in [5.41, 5.74) is 2.63. The molecular weight excluding hydrogens is 386 g/mol. The lowest BCUT2D eigenvalue weighted by molar-refractivity contribution is -0.120. The maximum atomic E-state index is 13.0. The summed E-state index contributed by atoms with van der Waals surface area (Å²) < 4.78 is 11.2. The molecule has 5 nitrogen and oxygen atoms in total. The number of amides is 1. The predicted octanol–water partition coefficient (Wildman–Crippen LogP) is 4.71. The van der Waals surface area contributed by atoms with Gasteiger partial charge < -0.3 is 14.1 Å². The van der Waals surface area contributed by atoms with Gasteiger partial charge in [0.25, 0.3) is 5.91 Å². The zero-order valence-electron chi connectivity index (χ0n) is 16.7. The molecule has 2 aromatic carbocycles. The monoisotopic (exact) mass is 409 g/mol. The van der Waals surface area contributed by atoms with Crippen LogP contribution < -0.4 is 15.3 Å². The highest BCUT2D eigenvalue weighted by atomic mass is 32.2. The fourth-order valence-electron chi connectivity index (χ4n) is 3.62. The quantitative estimate of drug-likeness (QED) is 0.587. The number of fused-ring (bicyclic) bond motifs is 2. The molecule has 2 heterocycles. The van der Waals surface area contributed by atoms with E-state index in [2.05, 4.69) is 13.0 Å². The van der Waals surface area contributed by atoms with Gasteiger partial charge in [0.2, 0.25) is 0 Å². The number of nitrogens with zero attached hydrogens (tertiary/aromatic N) is 1. The third-order valence-corrected chi connectivity index (χ3v) is 6.45. The lowest BCUT2D eigenvalue weighted by Gasteiger charge is -2.23. The first-order valence-electron chi connectivity index (χ1n) is 9.67. The second-order valence-corrected chi connectivity index (χ2v) is 8.81. The average molecular weight is 410 g/mol. The van der Waals surface area contributed by atoms with Crippen molar-refractivity contribution < 1.29 is 13.9 Å². The molecule has 3 aromatic rings. The molecule has 0 saturated heterocycles. The molecule has 1 amide bonds. The van der Waals surface area contributed by atoms with Gasteiger partial charge in [0.15, 0.2) is 6.61 Å². The minimum Gasteiger partial charge on any atom is -0.483 e. The summed E-state index contributed by atoms with van der Waals surface area (Å²) in [6.07, 6.45) is 0.921. The van der Waals surface area contributed by atoms with Crippen molar-refractivity contribution in [1.29, 1.82) is 0 Å². The molecule has 6 heteroatoms. The number of anilines is 1. The number of rotatable bonds is 3. The molecule has 0 saturated carbocycles. The third-order valence-electron chi connectivity index (χ3n) is 5.21. The third kappa shape index (κ3) is 3.90. The van der Waals surface area contributed by atoms with E-state index in [1.54, 1.807) is 11.8 Å². The van der Waals surface area contributed by atoms with Crippen LogP contribution in [0.4, 0.5) is 5.69 Å². The first-order chi connectivity index (χ1) is 13.9. The molecule has 4 rings (SSSR count). The van der Waals surface area contributed by atoms with Gasteiger partial charge >= 0.3 is 5.63 Å². The van der Waals surface area contributed by atoms with Crippen LogP contribution in [0.15, 0.2) is 56.6 Å². The number of ether oxygens (including phenoxy) is 1. The second-order valence-electron chi connectivity index (χ2n) is 7.33. The highest BCUT2D eigenvalue weighted by molar-refractivity contribution is 8.00. The first-order valence-corrected chi connectivity index (χ1v) is 10.5. The molecule has 0 bridgehead atoms. The van der Waals surface area contributed by atoms with Crippen molar-refractivity contribution in [3.05, 3.63) is 64.0 Å². The van der Waals surface area contributed by atoms with Crippen molar-refractivity contribution in [3.8, 4) is 5.75 Å². The molecule has 0 N–H and O–H groups in total. The summed E-state index contributed by atoms with van der Waals surface area (Å²) in [6, 6.07) is 13.1. The molecule has 1 aliphatic heterocycles. The van der Waals surface area contributed by atoms with Crippen LogP contribution in [0.5, 0.6) is 5.75 Å². The van der Waals surface area contributed by atoms with E-state index >= 15 is 0 Å². The Hall–Kier alpha value is -2.73. The van der Waals surface area contributed by atoms with E-state index < -0.39 is 0 Å². The minimum atomic E-state index is -0.390. The second kappa shape index (κ2) is 7.95. The highest BCUT2D eigenvalue weighted by Gasteiger charge is 2.24. The summed E-state index contributed by atoms with van der Waals surface area (Å²) in [4.78, 5) is 27.7. The van der Waals surface area contributed by atoms with Gasteiger partial charge in [0.1, 0.15) is 11.3 Å². The van der Waals surface area contributed by atoms with Crippen LogP contribution in [-0.4, -0.2) is 24.3 Å². The van der Waals surface area contributed by atoms with Crippen LogP contribution in [0.2, 0.25) is 0 Å². The number of carbonyl (C=O) groups is 1. The van der Waals surface area contributed by atoms with Crippen molar-refractivity contribution >= 4 is 34.3 Å². The average Bonchev–Trinajstić information content (AvgIpc) is 2.86. The lowest BCUT2D eigenvalue weighted by Crippen LogP contribution is -2.36. The summed E-state index contributed by atoms with van der Waals surface area (Å²) in [7, 11) is 0. The normalized spacial score (nSPS) is 16.4. The standard InChI is InChI=1S/C23H23NO4S/c1-14-12-22(26)28-23-16(3)19(9-8-17(14)23)27-13-21(25)24-11-10-15(2)29-20-7-5-4-6-18(20)24/h4-9,12,15H,10-11,13H2,1-3H3/t15-/m1/s1. The van der Waals surface area contributed by atoms with Crippen molar-refractivity contribution in [3.63, 3.8) is 0 Å². The topological polar surface area (TPSA) is 59.8 Å². The summed E-state index contributed by atoms with van der Waals surface area (Å²) in [5.74, 6) is 0.461. The van der Waals surface area contributed by atoms with Gasteiger partial charge in [-0.25, -0.2) is 4.79 Å². The van der Waals surface area contributed by atoms with Crippen molar-refractivity contribution in [2.24, 2.45) is 0 Å². The van der Waals surface area contributed by atoms with Gasteiger partial charge in [-0.15, -0.1) is 11.8 Å². The zero-order chi connectivity index (χ0) is 20.5. The molecule has 1 aromatic heterocycles. The van der Waals surface area contributed by atoms with Crippen molar-refractivity contribution in [2.75, 3.05) is 18.1 Å². The summed E-state index contributed by atoms with van der Waals surface area (Å²) in [5, 5.41) is 1.32. The van der Waals surface area contributed by atoms with E-state index in [9.17, 15) is 9.59 Å². The maximum absolute atomic E-state index is 13.0. The molecule has 0 radical (unpaired) electrons. The Labute approximate surface area is 173 Å². The fraction of sp³-hybridized carbons (Fsp3) is 0.304. The molecular formula is C23H23NO4S. The van der Waals surface area contributed by atoms with Gasteiger partial charge in [0.05, 0.1) is 5.69 Å². The van der Waals surface area contributed by atoms with Crippen LogP contribution in [0, 0.1) is 13.8 Å². The Balaban J connectivity index is 1.57. The van der Waals surface area contributed by atoms with Gasteiger partial charge in [-0.3, -0.25) is 4.79 Å². The van der Waals surface area contributed by atoms with Gasteiger partial charge in [-0.05, 0) is 50.1 Å². The fourth-order valence-corrected chi connectivity index (χ4v) is 4.73. The number of hydrogen-bond acceptors (Lipinski definition) is 5. The Bertz CT molecular complexity index is 1140. The van der Waals surface area contributed by atoms with E-state index in [1.807, 2.05) is 49.1 Å². The number of thioether (sulfide) groups is 1. The zero-order valence-corrected chi connectivity index (χ0v) is 17.5. The SMILES string of the molecule is Cc1cc(=O)oc2c(C)c(OCC(=O)N3CC[C@@H](C)Sc4ccccc43)ccc12. The summed E-state index contributed by atoms with van der Waals surface area (Å²) in [6.45, 7) is 6.48. The first kappa shape index (κ1) is 19.6. The van der Waals surface area contributed by atoms with E-state index in [4.69, 9.17) is 9.15 Å². The highest BCUT2D eigenvalue weighted by Crippen LogP contribution is 2.37. The number of carbonyl (C=O) groups excluding carboxylic acids is 1. The molecule has 0 unspecified atom stereocenters. The molecule has 0 aliphatic carbocycles. The Morgan fingerprint density at radius 2 is 2.03 bits per heavy atom. The number of para-hydroxylation sites is 1. The van der Waals surface area contributed by atoms with Crippen LogP contribution in [-0.2, 0) is 4.79 Å². The Morgan fingerprint density at radius 3 is 2.86 bits per heavy atom. The molecule has 150 valence electrons.